The van der Waals surface area contributed by atoms with Crippen LogP contribution in [0.4, 0.5) is 11.6 Å². The van der Waals surface area contributed by atoms with Crippen molar-refractivity contribution in [2.75, 3.05) is 22.9 Å². The Balaban J connectivity index is 0.000000142. The molecule has 7 rings (SSSR count). The van der Waals surface area contributed by atoms with E-state index < -0.39 is 0 Å². The van der Waals surface area contributed by atoms with Crippen molar-refractivity contribution < 1.29 is 13.3 Å². The zero-order chi connectivity index (χ0) is 26.7. The maximum absolute atomic E-state index is 5.48. The third-order valence-corrected chi connectivity index (χ3v) is 6.58. The van der Waals surface area contributed by atoms with Crippen molar-refractivity contribution in [3.8, 4) is 0 Å². The van der Waals surface area contributed by atoms with Crippen molar-refractivity contribution in [2.24, 2.45) is 9.98 Å². The van der Waals surface area contributed by atoms with E-state index >= 15 is 0 Å². The lowest BCUT2D eigenvalue weighted by atomic mass is 10.1. The molecule has 5 heterocycles. The summed E-state index contributed by atoms with van der Waals surface area (Å²) in [7, 11) is 0. The molecule has 196 valence electrons. The van der Waals surface area contributed by atoms with E-state index in [1.807, 2.05) is 53.4 Å². The SMILES string of the molecule is CC1(C)CN(c2ccccc2)C(c2ccccc2)=N1.c1coc(C2=NC(c3ccco3)CN2c2ccco2)c1. The Kier molecular flexibility index (Phi) is 6.63. The van der Waals surface area contributed by atoms with Gasteiger partial charge in [-0.25, -0.2) is 0 Å². The zero-order valence-corrected chi connectivity index (χ0v) is 22.0. The molecule has 2 aliphatic rings. The van der Waals surface area contributed by atoms with Crippen LogP contribution in [-0.2, 0) is 0 Å². The second-order valence-corrected chi connectivity index (χ2v) is 10.1. The van der Waals surface area contributed by atoms with Crippen LogP contribution >= 0.6 is 0 Å². The highest BCUT2D eigenvalue weighted by Gasteiger charge is 2.33. The van der Waals surface area contributed by atoms with Gasteiger partial charge in [-0.2, -0.15) is 0 Å². The van der Waals surface area contributed by atoms with E-state index in [2.05, 4.69) is 67.3 Å². The maximum atomic E-state index is 5.48. The first-order chi connectivity index (χ1) is 19.1. The molecule has 0 fully saturated rings. The monoisotopic (exact) mass is 518 g/mol. The van der Waals surface area contributed by atoms with Gasteiger partial charge in [0.15, 0.2) is 11.6 Å². The first-order valence-electron chi connectivity index (χ1n) is 13.0. The third kappa shape index (κ3) is 5.29. The predicted octanol–water partition coefficient (Wildman–Crippen LogP) is 7.21. The van der Waals surface area contributed by atoms with E-state index in [4.69, 9.17) is 23.2 Å². The number of amidine groups is 2. The summed E-state index contributed by atoms with van der Waals surface area (Å²) < 4.78 is 16.4. The van der Waals surface area contributed by atoms with Crippen LogP contribution in [-0.4, -0.2) is 30.3 Å². The Hall–Kier alpha value is -4.78. The number of aliphatic imine (C=N–C) groups is 2. The van der Waals surface area contributed by atoms with E-state index in [9.17, 15) is 0 Å². The fraction of sp³-hybridized carbons (Fsp3) is 0.188. The average molecular weight is 519 g/mol. The molecular formula is C32H30N4O3. The van der Waals surface area contributed by atoms with Gasteiger partial charge in [0.1, 0.15) is 17.6 Å². The summed E-state index contributed by atoms with van der Waals surface area (Å²) in [6, 6.07) is 32.1. The lowest BCUT2D eigenvalue weighted by Crippen LogP contribution is -2.32. The number of nitrogens with zero attached hydrogens (tertiary/aromatic N) is 4. The Bertz CT molecular complexity index is 1520. The molecule has 0 saturated heterocycles. The summed E-state index contributed by atoms with van der Waals surface area (Å²) in [4.78, 5) is 13.9. The van der Waals surface area contributed by atoms with Crippen LogP contribution in [0.1, 0.15) is 37.0 Å². The van der Waals surface area contributed by atoms with Crippen molar-refractivity contribution in [2.45, 2.75) is 25.4 Å². The normalized spacial score (nSPS) is 17.9. The summed E-state index contributed by atoms with van der Waals surface area (Å²) in [5, 5.41) is 0. The molecule has 2 aromatic carbocycles. The maximum Gasteiger partial charge on any atom is 0.200 e. The van der Waals surface area contributed by atoms with Crippen LogP contribution in [0.3, 0.4) is 0 Å². The van der Waals surface area contributed by atoms with Gasteiger partial charge in [0.2, 0.25) is 5.88 Å². The van der Waals surface area contributed by atoms with Crippen molar-refractivity contribution in [3.05, 3.63) is 133 Å². The van der Waals surface area contributed by atoms with E-state index in [-0.39, 0.29) is 11.6 Å². The van der Waals surface area contributed by atoms with Crippen molar-refractivity contribution in [1.82, 2.24) is 0 Å². The molecule has 7 heteroatoms. The Morgan fingerprint density at radius 3 is 2.05 bits per heavy atom. The highest BCUT2D eigenvalue weighted by atomic mass is 16.4. The Labute approximate surface area is 227 Å². The summed E-state index contributed by atoms with van der Waals surface area (Å²) >= 11 is 0. The fourth-order valence-electron chi connectivity index (χ4n) is 4.85. The lowest BCUT2D eigenvalue weighted by Gasteiger charge is -2.22. The number of hydrogen-bond acceptors (Lipinski definition) is 7. The summed E-state index contributed by atoms with van der Waals surface area (Å²) in [6.07, 6.45) is 4.95. The van der Waals surface area contributed by atoms with Crippen LogP contribution < -0.4 is 9.80 Å². The molecule has 0 saturated carbocycles. The highest BCUT2D eigenvalue weighted by molar-refractivity contribution is 6.11. The van der Waals surface area contributed by atoms with Gasteiger partial charge >= 0.3 is 0 Å². The van der Waals surface area contributed by atoms with E-state index in [0.29, 0.717) is 6.54 Å². The molecule has 0 N–H and O–H groups in total. The molecule has 5 aromatic rings. The van der Waals surface area contributed by atoms with E-state index in [1.165, 1.54) is 11.3 Å². The molecule has 0 radical (unpaired) electrons. The summed E-state index contributed by atoms with van der Waals surface area (Å²) in [5.74, 6) is 4.12. The topological polar surface area (TPSA) is 70.6 Å². The van der Waals surface area contributed by atoms with Gasteiger partial charge in [0, 0.05) is 23.9 Å². The smallest absolute Gasteiger partial charge is 0.200 e. The highest BCUT2D eigenvalue weighted by Crippen LogP contribution is 2.32. The van der Waals surface area contributed by atoms with Crippen molar-refractivity contribution in [1.29, 1.82) is 0 Å². The van der Waals surface area contributed by atoms with Gasteiger partial charge in [-0.1, -0.05) is 48.5 Å². The number of anilines is 2. The van der Waals surface area contributed by atoms with Gasteiger partial charge in [0.25, 0.3) is 0 Å². The molecule has 1 atom stereocenters. The lowest BCUT2D eigenvalue weighted by molar-refractivity contribution is 0.474. The van der Waals surface area contributed by atoms with E-state index in [0.717, 1.165) is 35.6 Å². The fourth-order valence-corrected chi connectivity index (χ4v) is 4.85. The second-order valence-electron chi connectivity index (χ2n) is 10.1. The van der Waals surface area contributed by atoms with Gasteiger partial charge in [-0.05, 0) is 56.3 Å². The minimum atomic E-state index is -0.0600. The van der Waals surface area contributed by atoms with Crippen molar-refractivity contribution >= 4 is 23.2 Å². The average Bonchev–Trinajstić information content (AvgIpc) is 3.79. The van der Waals surface area contributed by atoms with Gasteiger partial charge in [-0.3, -0.25) is 14.9 Å². The molecule has 39 heavy (non-hydrogen) atoms. The molecular weight excluding hydrogens is 488 g/mol. The van der Waals surface area contributed by atoms with E-state index in [1.54, 1.807) is 18.8 Å². The standard InChI is InChI=1S/C17H18N2.C15H12N2O3/c1-17(2)13-19(15-11-7-4-8-12-15)16(18-17)14-9-5-3-6-10-14;1-4-12(18-7-1)11-10-17(14-6-3-9-20-14)15(16-11)13-5-2-8-19-13/h3-12H,13H2,1-2H3;1-9,11H,10H2. The summed E-state index contributed by atoms with van der Waals surface area (Å²) in [6.45, 7) is 5.94. The Morgan fingerprint density at radius 2 is 1.38 bits per heavy atom. The predicted molar refractivity (Wildman–Crippen MR) is 154 cm³/mol. The first-order valence-corrected chi connectivity index (χ1v) is 13.0. The first kappa shape index (κ1) is 24.6. The number of furan rings is 3. The minimum Gasteiger partial charge on any atom is -0.467 e. The number of benzene rings is 2. The molecule has 0 spiro atoms. The van der Waals surface area contributed by atoms with Crippen LogP contribution in [0.15, 0.2) is 139 Å². The van der Waals surface area contributed by atoms with Crippen molar-refractivity contribution in [3.63, 3.8) is 0 Å². The molecule has 1 unspecified atom stereocenters. The molecule has 0 aliphatic carbocycles. The van der Waals surface area contributed by atoms with Crippen LogP contribution in [0.2, 0.25) is 0 Å². The molecule has 0 bridgehead atoms. The third-order valence-electron chi connectivity index (χ3n) is 6.58. The number of hydrogen-bond donors (Lipinski definition) is 0. The van der Waals surface area contributed by atoms with Gasteiger partial charge in [0.05, 0.1) is 30.9 Å². The second kappa shape index (κ2) is 10.5. The summed E-state index contributed by atoms with van der Waals surface area (Å²) in [5.41, 5.74) is 2.34. The largest absolute Gasteiger partial charge is 0.467 e. The van der Waals surface area contributed by atoms with Crippen LogP contribution in [0.5, 0.6) is 0 Å². The molecule has 7 nitrogen and oxygen atoms in total. The Morgan fingerprint density at radius 1 is 0.692 bits per heavy atom. The van der Waals surface area contributed by atoms with Gasteiger partial charge in [-0.15, -0.1) is 0 Å². The molecule has 3 aromatic heterocycles. The number of para-hydroxylation sites is 1. The number of rotatable bonds is 5. The molecule has 2 aliphatic heterocycles. The van der Waals surface area contributed by atoms with Crippen LogP contribution in [0.25, 0.3) is 0 Å². The molecule has 0 amide bonds. The quantitative estimate of drug-likeness (QED) is 0.246. The van der Waals surface area contributed by atoms with Gasteiger partial charge < -0.3 is 18.2 Å². The zero-order valence-electron chi connectivity index (χ0n) is 22.0. The van der Waals surface area contributed by atoms with Crippen LogP contribution in [0, 0.1) is 0 Å². The minimum absolute atomic E-state index is 0.0407.